The Morgan fingerprint density at radius 3 is 1.94 bits per heavy atom. The zero-order valence-corrected chi connectivity index (χ0v) is 14.2. The lowest BCUT2D eigenvalue weighted by Gasteiger charge is -2.16. The van der Waals surface area contributed by atoms with Gasteiger partial charge in [0.05, 0.1) is 0 Å². The molecule has 0 aliphatic rings. The predicted molar refractivity (Wildman–Crippen MR) is 84.4 cm³/mol. The lowest BCUT2D eigenvalue weighted by Crippen LogP contribution is -2.28. The van der Waals surface area contributed by atoms with Gasteiger partial charge in [-0.25, -0.2) is 0 Å². The van der Waals surface area contributed by atoms with Gasteiger partial charge in [0.15, 0.2) is 0 Å². The second kappa shape index (κ2) is 22.1. The van der Waals surface area contributed by atoms with Gasteiger partial charge in [-0.3, -0.25) is 0 Å². The molecule has 0 unspecified atom stereocenters. The first-order chi connectivity index (χ1) is 8.66. The Hall–Kier alpha value is -0.120. The van der Waals surface area contributed by atoms with E-state index in [4.69, 9.17) is 4.74 Å². The summed E-state index contributed by atoms with van der Waals surface area (Å²) in [7, 11) is 3.93. The predicted octanol–water partition coefficient (Wildman–Crippen LogP) is 3.40. The van der Waals surface area contributed by atoms with Crippen molar-refractivity contribution in [3.8, 4) is 0 Å². The minimum Gasteiger partial charge on any atom is -0.385 e. The van der Waals surface area contributed by atoms with E-state index in [2.05, 4.69) is 31.1 Å². The zero-order chi connectivity index (χ0) is 14.8. The van der Waals surface area contributed by atoms with Crippen LogP contribution in [0.5, 0.6) is 0 Å². The van der Waals surface area contributed by atoms with Crippen molar-refractivity contribution in [2.75, 3.05) is 40.4 Å². The summed E-state index contributed by atoms with van der Waals surface area (Å²) in [5.74, 6) is 0. The van der Waals surface area contributed by atoms with E-state index >= 15 is 0 Å². The van der Waals surface area contributed by atoms with E-state index in [-0.39, 0.29) is 0 Å². The van der Waals surface area contributed by atoms with Crippen molar-refractivity contribution in [1.82, 2.24) is 10.2 Å². The highest BCUT2D eigenvalue weighted by molar-refractivity contribution is 4.56. The third-order valence-electron chi connectivity index (χ3n) is 2.16. The van der Waals surface area contributed by atoms with Crippen molar-refractivity contribution < 1.29 is 4.74 Å². The van der Waals surface area contributed by atoms with Crippen LogP contribution in [-0.2, 0) is 4.74 Å². The number of ether oxygens (including phenoxy) is 1. The van der Waals surface area contributed by atoms with Gasteiger partial charge >= 0.3 is 0 Å². The van der Waals surface area contributed by atoms with Crippen molar-refractivity contribution >= 4 is 0 Å². The molecular weight excluding hydrogens is 224 g/mol. The number of hydrogen-bond donors (Lipinski definition) is 1. The first kappa shape index (κ1) is 23.0. The first-order valence-corrected chi connectivity index (χ1v) is 7.57. The van der Waals surface area contributed by atoms with E-state index in [1.807, 2.05) is 27.7 Å². The molecule has 0 aromatic carbocycles. The topological polar surface area (TPSA) is 24.5 Å². The molecule has 0 heterocycles. The van der Waals surface area contributed by atoms with Gasteiger partial charge in [0, 0.05) is 26.3 Å². The lowest BCUT2D eigenvalue weighted by molar-refractivity contribution is 0.179. The summed E-state index contributed by atoms with van der Waals surface area (Å²) in [6.45, 7) is 16.7. The summed E-state index contributed by atoms with van der Waals surface area (Å²) in [4.78, 5) is 2.36. The molecule has 0 saturated heterocycles. The second-order valence-electron chi connectivity index (χ2n) is 4.11. The highest BCUT2D eigenvalue weighted by Crippen LogP contribution is 1.90. The average molecular weight is 262 g/mol. The molecular formula is C15H38N2O. The monoisotopic (exact) mass is 262 g/mol. The van der Waals surface area contributed by atoms with Gasteiger partial charge in [0.2, 0.25) is 0 Å². The maximum Gasteiger partial charge on any atom is 0.0474 e. The van der Waals surface area contributed by atoms with Gasteiger partial charge in [0.25, 0.3) is 0 Å². The molecule has 3 nitrogen and oxygen atoms in total. The van der Waals surface area contributed by atoms with E-state index < -0.39 is 0 Å². The molecule has 1 N–H and O–H groups in total. The molecule has 0 atom stereocenters. The highest BCUT2D eigenvalue weighted by atomic mass is 16.5. The maximum atomic E-state index is 5.01. The number of hydrogen-bond acceptors (Lipinski definition) is 3. The Kier molecular flexibility index (Phi) is 28.2. The maximum absolute atomic E-state index is 5.01. The van der Waals surface area contributed by atoms with Crippen molar-refractivity contribution in [2.24, 2.45) is 0 Å². The molecule has 0 bridgehead atoms. The molecule has 0 fully saturated rings. The van der Waals surface area contributed by atoms with Gasteiger partial charge in [-0.15, -0.1) is 0 Å². The largest absolute Gasteiger partial charge is 0.385 e. The van der Waals surface area contributed by atoms with Crippen LogP contribution in [0.15, 0.2) is 0 Å². The molecule has 0 aliphatic heterocycles. The van der Waals surface area contributed by atoms with Gasteiger partial charge in [-0.2, -0.15) is 0 Å². The lowest BCUT2D eigenvalue weighted by atomic mass is 10.3. The molecule has 114 valence electrons. The van der Waals surface area contributed by atoms with Gasteiger partial charge in [-0.05, 0) is 33.0 Å². The summed E-state index contributed by atoms with van der Waals surface area (Å²) >= 11 is 0. The standard InChI is InChI=1S/C11H26N2O.2C2H6/c1-11(2)12-7-5-8-13(3)9-6-10-14-4;2*1-2/h11-12H,5-10H2,1-4H3;2*1-2H3. The van der Waals surface area contributed by atoms with E-state index in [0.717, 1.165) is 26.1 Å². The molecule has 0 radical (unpaired) electrons. The summed E-state index contributed by atoms with van der Waals surface area (Å²) in [5, 5.41) is 3.42. The van der Waals surface area contributed by atoms with Crippen LogP contribution in [0.3, 0.4) is 0 Å². The third-order valence-corrected chi connectivity index (χ3v) is 2.16. The van der Waals surface area contributed by atoms with Crippen molar-refractivity contribution in [1.29, 1.82) is 0 Å². The van der Waals surface area contributed by atoms with Crippen LogP contribution in [0.4, 0.5) is 0 Å². The van der Waals surface area contributed by atoms with Gasteiger partial charge in [0.1, 0.15) is 0 Å². The fourth-order valence-corrected chi connectivity index (χ4v) is 1.33. The number of methoxy groups -OCH3 is 1. The average Bonchev–Trinajstić information content (AvgIpc) is 2.39. The second-order valence-corrected chi connectivity index (χ2v) is 4.11. The molecule has 0 rings (SSSR count). The summed E-state index contributed by atoms with van der Waals surface area (Å²) in [6.07, 6.45) is 2.35. The van der Waals surface area contributed by atoms with E-state index in [1.165, 1.54) is 13.0 Å². The van der Waals surface area contributed by atoms with E-state index in [9.17, 15) is 0 Å². The Labute approximate surface area is 116 Å². The molecule has 0 spiro atoms. The minimum absolute atomic E-state index is 0.605. The smallest absolute Gasteiger partial charge is 0.0474 e. The SMILES string of the molecule is CC.CC.COCCCN(C)CCCNC(C)C. The molecule has 3 heteroatoms. The Bertz CT molecular complexity index is 119. The third kappa shape index (κ3) is 24.9. The van der Waals surface area contributed by atoms with E-state index in [1.54, 1.807) is 7.11 Å². The van der Waals surface area contributed by atoms with Crippen LogP contribution in [-0.4, -0.2) is 51.3 Å². The molecule has 0 saturated carbocycles. The van der Waals surface area contributed by atoms with Crippen LogP contribution >= 0.6 is 0 Å². The molecule has 0 aliphatic carbocycles. The number of nitrogens with zero attached hydrogens (tertiary/aromatic N) is 1. The van der Waals surface area contributed by atoms with Crippen molar-refractivity contribution in [3.63, 3.8) is 0 Å². The summed E-state index contributed by atoms with van der Waals surface area (Å²) in [5.41, 5.74) is 0. The van der Waals surface area contributed by atoms with Gasteiger partial charge in [-0.1, -0.05) is 41.5 Å². The van der Waals surface area contributed by atoms with Gasteiger partial charge < -0.3 is 15.0 Å². The highest BCUT2D eigenvalue weighted by Gasteiger charge is 1.98. The normalized spacial score (nSPS) is 9.67. The number of rotatable bonds is 9. The van der Waals surface area contributed by atoms with Crippen LogP contribution < -0.4 is 5.32 Å². The van der Waals surface area contributed by atoms with Crippen LogP contribution in [0.1, 0.15) is 54.4 Å². The first-order valence-electron chi connectivity index (χ1n) is 7.57. The Morgan fingerprint density at radius 2 is 1.50 bits per heavy atom. The fourth-order valence-electron chi connectivity index (χ4n) is 1.33. The molecule has 0 amide bonds. The quantitative estimate of drug-likeness (QED) is 0.645. The Balaban J connectivity index is -0.000000506. The minimum atomic E-state index is 0.605. The summed E-state index contributed by atoms with van der Waals surface area (Å²) in [6, 6.07) is 0.605. The molecule has 0 aromatic heterocycles. The van der Waals surface area contributed by atoms with Crippen LogP contribution in [0.25, 0.3) is 0 Å². The number of nitrogens with one attached hydrogen (secondary N) is 1. The Morgan fingerprint density at radius 1 is 1.00 bits per heavy atom. The molecule has 0 aromatic rings. The summed E-state index contributed by atoms with van der Waals surface area (Å²) < 4.78 is 5.01. The molecule has 18 heavy (non-hydrogen) atoms. The van der Waals surface area contributed by atoms with E-state index in [0.29, 0.717) is 6.04 Å². The zero-order valence-electron chi connectivity index (χ0n) is 14.2. The van der Waals surface area contributed by atoms with Crippen LogP contribution in [0, 0.1) is 0 Å². The van der Waals surface area contributed by atoms with Crippen LogP contribution in [0.2, 0.25) is 0 Å². The van der Waals surface area contributed by atoms with Crippen molar-refractivity contribution in [3.05, 3.63) is 0 Å². The fraction of sp³-hybridized carbons (Fsp3) is 1.00. The van der Waals surface area contributed by atoms with Crippen molar-refractivity contribution in [2.45, 2.75) is 60.4 Å².